The Bertz CT molecular complexity index is 429. The van der Waals surface area contributed by atoms with Gasteiger partial charge in [-0.05, 0) is 37.1 Å². The molecule has 1 rings (SSSR count). The summed E-state index contributed by atoms with van der Waals surface area (Å²) in [5.74, 6) is -1.64. The molecule has 0 heterocycles. The van der Waals surface area contributed by atoms with Crippen LogP contribution in [-0.4, -0.2) is 18.2 Å². The fraction of sp³-hybridized carbons (Fsp3) is 0.385. The summed E-state index contributed by atoms with van der Waals surface area (Å²) in [4.78, 5) is 23.1. The number of rotatable bonds is 5. The molecule has 0 aliphatic rings. The highest BCUT2D eigenvalue weighted by molar-refractivity contribution is 6.42. The quantitative estimate of drug-likeness (QED) is 0.485. The van der Waals surface area contributed by atoms with Crippen molar-refractivity contribution in [2.24, 2.45) is 0 Å². The number of benzene rings is 1. The molecule has 0 radical (unpaired) electrons. The maximum atomic E-state index is 13.0. The van der Waals surface area contributed by atoms with E-state index >= 15 is 0 Å². The SMILES string of the molecule is CCCCNC(=O)C(=O)c1ccc(F)c(C)c1. The molecule has 0 unspecified atom stereocenters. The number of halogens is 1. The molecule has 0 aliphatic carbocycles. The Labute approximate surface area is 100 Å². The molecule has 0 bridgehead atoms. The Morgan fingerprint density at radius 2 is 2.06 bits per heavy atom. The first-order chi connectivity index (χ1) is 8.06. The van der Waals surface area contributed by atoms with Crippen LogP contribution in [0.5, 0.6) is 0 Å². The van der Waals surface area contributed by atoms with Crippen LogP contribution in [0.4, 0.5) is 4.39 Å². The van der Waals surface area contributed by atoms with Gasteiger partial charge in [0.25, 0.3) is 5.91 Å². The lowest BCUT2D eigenvalue weighted by molar-refractivity contribution is -0.117. The molecule has 1 amide bonds. The van der Waals surface area contributed by atoms with Crippen LogP contribution in [0.15, 0.2) is 18.2 Å². The van der Waals surface area contributed by atoms with Crippen LogP contribution in [0, 0.1) is 12.7 Å². The zero-order valence-electron chi connectivity index (χ0n) is 10.0. The van der Waals surface area contributed by atoms with Gasteiger partial charge >= 0.3 is 0 Å². The molecule has 0 aliphatic heterocycles. The van der Waals surface area contributed by atoms with E-state index in [1.165, 1.54) is 18.2 Å². The Hall–Kier alpha value is -1.71. The molecule has 0 saturated heterocycles. The fourth-order valence-corrected chi connectivity index (χ4v) is 1.38. The molecule has 0 saturated carbocycles. The zero-order chi connectivity index (χ0) is 12.8. The van der Waals surface area contributed by atoms with E-state index in [9.17, 15) is 14.0 Å². The van der Waals surface area contributed by atoms with Crippen molar-refractivity contribution in [2.75, 3.05) is 6.54 Å². The van der Waals surface area contributed by atoms with E-state index in [-0.39, 0.29) is 11.4 Å². The second-order valence-corrected chi connectivity index (χ2v) is 3.90. The summed E-state index contributed by atoms with van der Waals surface area (Å²) < 4.78 is 13.0. The van der Waals surface area contributed by atoms with Crippen LogP contribution in [0.1, 0.15) is 35.7 Å². The minimum absolute atomic E-state index is 0.220. The average molecular weight is 237 g/mol. The highest BCUT2D eigenvalue weighted by Gasteiger charge is 2.16. The number of nitrogens with one attached hydrogen (secondary N) is 1. The largest absolute Gasteiger partial charge is 0.349 e. The van der Waals surface area contributed by atoms with Gasteiger partial charge in [-0.1, -0.05) is 13.3 Å². The van der Waals surface area contributed by atoms with Gasteiger partial charge in [-0.3, -0.25) is 9.59 Å². The van der Waals surface area contributed by atoms with Crippen molar-refractivity contribution in [3.8, 4) is 0 Å². The number of amides is 1. The number of carbonyl (C=O) groups excluding carboxylic acids is 2. The Balaban J connectivity index is 2.68. The molecule has 3 nitrogen and oxygen atoms in total. The molecule has 1 aromatic rings. The summed E-state index contributed by atoms with van der Waals surface area (Å²) in [6.07, 6.45) is 1.78. The van der Waals surface area contributed by atoms with Gasteiger partial charge in [0.1, 0.15) is 5.82 Å². The first kappa shape index (κ1) is 13.4. The summed E-state index contributed by atoms with van der Waals surface area (Å²) in [6.45, 7) is 4.04. The molecular formula is C13H16FNO2. The number of unbranched alkanes of at least 4 members (excludes halogenated alkanes) is 1. The van der Waals surface area contributed by atoms with E-state index in [0.29, 0.717) is 12.1 Å². The molecule has 92 valence electrons. The van der Waals surface area contributed by atoms with Gasteiger partial charge in [-0.25, -0.2) is 4.39 Å². The van der Waals surface area contributed by atoms with E-state index in [0.717, 1.165) is 12.8 Å². The van der Waals surface area contributed by atoms with E-state index in [1.807, 2.05) is 6.92 Å². The molecule has 1 N–H and O–H groups in total. The zero-order valence-corrected chi connectivity index (χ0v) is 10.0. The van der Waals surface area contributed by atoms with Gasteiger partial charge in [0.15, 0.2) is 0 Å². The maximum Gasteiger partial charge on any atom is 0.292 e. The molecule has 0 spiro atoms. The normalized spacial score (nSPS) is 10.1. The minimum atomic E-state index is -0.635. The highest BCUT2D eigenvalue weighted by Crippen LogP contribution is 2.09. The Kier molecular flexibility index (Phi) is 4.82. The molecule has 4 heteroatoms. The predicted octanol–water partition coefficient (Wildman–Crippen LogP) is 2.23. The monoisotopic (exact) mass is 237 g/mol. The standard InChI is InChI=1S/C13H16FNO2/c1-3-4-7-15-13(17)12(16)10-5-6-11(14)9(2)8-10/h5-6,8H,3-4,7H2,1-2H3,(H,15,17). The van der Waals surface area contributed by atoms with Gasteiger partial charge in [0.05, 0.1) is 0 Å². The number of aryl methyl sites for hydroxylation is 1. The molecule has 1 aromatic carbocycles. The minimum Gasteiger partial charge on any atom is -0.349 e. The number of hydrogen-bond donors (Lipinski definition) is 1. The van der Waals surface area contributed by atoms with Gasteiger partial charge in [0, 0.05) is 12.1 Å². The van der Waals surface area contributed by atoms with Crippen molar-refractivity contribution >= 4 is 11.7 Å². The first-order valence-electron chi connectivity index (χ1n) is 5.65. The smallest absolute Gasteiger partial charge is 0.292 e. The molecule has 17 heavy (non-hydrogen) atoms. The molecular weight excluding hydrogens is 221 g/mol. The second-order valence-electron chi connectivity index (χ2n) is 3.90. The molecule has 0 aromatic heterocycles. The predicted molar refractivity (Wildman–Crippen MR) is 63.4 cm³/mol. The lowest BCUT2D eigenvalue weighted by atomic mass is 10.1. The van der Waals surface area contributed by atoms with Crippen LogP contribution in [0.25, 0.3) is 0 Å². The number of Topliss-reactive ketones (excluding diaryl/α,β-unsaturated/α-hetero) is 1. The van der Waals surface area contributed by atoms with Crippen molar-refractivity contribution in [1.29, 1.82) is 0 Å². The van der Waals surface area contributed by atoms with Crippen LogP contribution in [0.2, 0.25) is 0 Å². The number of carbonyl (C=O) groups is 2. The van der Waals surface area contributed by atoms with E-state index in [2.05, 4.69) is 5.32 Å². The van der Waals surface area contributed by atoms with E-state index in [4.69, 9.17) is 0 Å². The Morgan fingerprint density at radius 3 is 2.65 bits per heavy atom. The van der Waals surface area contributed by atoms with Crippen molar-refractivity contribution in [1.82, 2.24) is 5.32 Å². The van der Waals surface area contributed by atoms with Crippen molar-refractivity contribution in [3.05, 3.63) is 35.1 Å². The van der Waals surface area contributed by atoms with Gasteiger partial charge in [-0.15, -0.1) is 0 Å². The van der Waals surface area contributed by atoms with E-state index in [1.54, 1.807) is 6.92 Å². The lowest BCUT2D eigenvalue weighted by Gasteiger charge is -2.04. The maximum absolute atomic E-state index is 13.0. The summed E-state index contributed by atoms with van der Waals surface area (Å²) in [7, 11) is 0. The highest BCUT2D eigenvalue weighted by atomic mass is 19.1. The van der Waals surface area contributed by atoms with Crippen LogP contribution in [0.3, 0.4) is 0 Å². The summed E-state index contributed by atoms with van der Waals surface area (Å²) >= 11 is 0. The van der Waals surface area contributed by atoms with Crippen molar-refractivity contribution in [3.63, 3.8) is 0 Å². The average Bonchev–Trinajstić information content (AvgIpc) is 2.32. The van der Waals surface area contributed by atoms with Crippen molar-refractivity contribution < 1.29 is 14.0 Å². The van der Waals surface area contributed by atoms with Gasteiger partial charge in [-0.2, -0.15) is 0 Å². The topological polar surface area (TPSA) is 46.2 Å². The number of hydrogen-bond acceptors (Lipinski definition) is 2. The fourth-order valence-electron chi connectivity index (χ4n) is 1.38. The van der Waals surface area contributed by atoms with E-state index < -0.39 is 11.7 Å². The summed E-state index contributed by atoms with van der Waals surface area (Å²) in [5.41, 5.74) is 0.579. The second kappa shape index (κ2) is 6.13. The van der Waals surface area contributed by atoms with Gasteiger partial charge in [0.2, 0.25) is 5.78 Å². The van der Waals surface area contributed by atoms with Crippen LogP contribution >= 0.6 is 0 Å². The lowest BCUT2D eigenvalue weighted by Crippen LogP contribution is -2.31. The third kappa shape index (κ3) is 3.66. The molecule has 0 atom stereocenters. The van der Waals surface area contributed by atoms with Crippen LogP contribution in [-0.2, 0) is 4.79 Å². The Morgan fingerprint density at radius 1 is 1.35 bits per heavy atom. The third-order valence-electron chi connectivity index (χ3n) is 2.44. The third-order valence-corrected chi connectivity index (χ3v) is 2.44. The van der Waals surface area contributed by atoms with Crippen molar-refractivity contribution in [2.45, 2.75) is 26.7 Å². The van der Waals surface area contributed by atoms with Gasteiger partial charge < -0.3 is 5.32 Å². The summed E-state index contributed by atoms with van der Waals surface area (Å²) in [5, 5.41) is 2.53. The summed E-state index contributed by atoms with van der Waals surface area (Å²) in [6, 6.07) is 3.91. The first-order valence-corrected chi connectivity index (χ1v) is 5.65. The number of ketones is 1. The van der Waals surface area contributed by atoms with Crippen LogP contribution < -0.4 is 5.32 Å². The molecule has 0 fully saturated rings.